The summed E-state index contributed by atoms with van der Waals surface area (Å²) in [4.78, 5) is 24.7. The maximum Gasteiger partial charge on any atom is 0.155 e. The molecule has 4 heteroatoms. The monoisotopic (exact) mass is 392 g/mol. The highest BCUT2D eigenvalue weighted by molar-refractivity contribution is 8.76. The zero-order valence-corrected chi connectivity index (χ0v) is 17.9. The topological polar surface area (TPSA) is 34.1 Å². The summed E-state index contributed by atoms with van der Waals surface area (Å²) < 4.78 is 0. The number of carbonyl (C=O) groups excluding carboxylic acids is 2. The number of hydrogen-bond acceptors (Lipinski definition) is 4. The molecule has 0 aliphatic heterocycles. The van der Waals surface area contributed by atoms with Gasteiger partial charge in [-0.15, -0.1) is 0 Å². The van der Waals surface area contributed by atoms with Crippen LogP contribution in [0.15, 0.2) is 11.6 Å². The van der Waals surface area contributed by atoms with Gasteiger partial charge in [0.2, 0.25) is 0 Å². The summed E-state index contributed by atoms with van der Waals surface area (Å²) in [6.07, 6.45) is 11.5. The lowest BCUT2D eigenvalue weighted by Gasteiger charge is -2.58. The maximum atomic E-state index is 12.6. The van der Waals surface area contributed by atoms with E-state index in [1.54, 1.807) is 0 Å². The first-order chi connectivity index (χ1) is 12.5. The molecule has 4 rings (SSSR count). The number of Topliss-reactive ketones (excluding diaryl/α,β-unsaturated/α-hetero) is 1. The number of ketones is 2. The zero-order chi connectivity index (χ0) is 18.4. The Kier molecular flexibility index (Phi) is 5.37. The minimum Gasteiger partial charge on any atom is -0.299 e. The molecule has 5 atom stereocenters. The van der Waals surface area contributed by atoms with Gasteiger partial charge in [-0.2, -0.15) is 0 Å². The van der Waals surface area contributed by atoms with Crippen LogP contribution in [0.5, 0.6) is 0 Å². The molecule has 3 fully saturated rings. The van der Waals surface area contributed by atoms with Gasteiger partial charge in [-0.3, -0.25) is 9.59 Å². The molecule has 4 aliphatic carbocycles. The van der Waals surface area contributed by atoms with E-state index in [9.17, 15) is 9.59 Å². The van der Waals surface area contributed by atoms with Gasteiger partial charge in [-0.25, -0.2) is 0 Å². The Labute approximate surface area is 166 Å². The Hall–Kier alpha value is -0.220. The fourth-order valence-corrected chi connectivity index (χ4v) is 9.55. The van der Waals surface area contributed by atoms with Crippen LogP contribution >= 0.6 is 21.6 Å². The molecule has 144 valence electrons. The van der Waals surface area contributed by atoms with E-state index in [4.69, 9.17) is 0 Å². The Bertz CT molecular complexity index is 628. The van der Waals surface area contributed by atoms with Crippen LogP contribution in [0.25, 0.3) is 0 Å². The number of rotatable bonds is 5. The third kappa shape index (κ3) is 2.94. The first-order valence-corrected chi connectivity index (χ1v) is 13.0. The van der Waals surface area contributed by atoms with Crippen molar-refractivity contribution in [1.29, 1.82) is 0 Å². The Balaban J connectivity index is 1.63. The van der Waals surface area contributed by atoms with Gasteiger partial charge in [0, 0.05) is 35.2 Å². The molecule has 0 bridgehead atoms. The lowest BCUT2D eigenvalue weighted by Crippen LogP contribution is -2.52. The van der Waals surface area contributed by atoms with E-state index in [-0.39, 0.29) is 10.8 Å². The SMILES string of the molecule is CCCSSC[C@]12CCC(=O)C=C1CC[C@@H]1[C@@H]2CC[C@]2(C)C(=O)CC[C@@H]12. The fraction of sp³-hybridized carbons (Fsp3) is 0.818. The van der Waals surface area contributed by atoms with Crippen LogP contribution in [0.4, 0.5) is 0 Å². The van der Waals surface area contributed by atoms with E-state index in [1.165, 1.54) is 30.6 Å². The average molecular weight is 393 g/mol. The van der Waals surface area contributed by atoms with Gasteiger partial charge in [0.15, 0.2) is 5.78 Å². The summed E-state index contributed by atoms with van der Waals surface area (Å²) in [7, 11) is 4.05. The molecule has 0 amide bonds. The highest BCUT2D eigenvalue weighted by atomic mass is 33.1. The summed E-state index contributed by atoms with van der Waals surface area (Å²) in [5, 5.41) is 0. The Morgan fingerprint density at radius 2 is 1.88 bits per heavy atom. The molecule has 0 saturated heterocycles. The minimum absolute atomic E-state index is 0.0435. The average Bonchev–Trinajstić information content (AvgIpc) is 2.94. The largest absolute Gasteiger partial charge is 0.299 e. The summed E-state index contributed by atoms with van der Waals surface area (Å²) in [5.74, 6) is 5.23. The molecule has 0 radical (unpaired) electrons. The normalized spacial score (nSPS) is 42.1. The van der Waals surface area contributed by atoms with Crippen LogP contribution in [-0.4, -0.2) is 23.1 Å². The van der Waals surface area contributed by atoms with Gasteiger partial charge < -0.3 is 0 Å². The van der Waals surface area contributed by atoms with Crippen LogP contribution in [0.3, 0.4) is 0 Å². The summed E-state index contributed by atoms with van der Waals surface area (Å²) >= 11 is 0. The summed E-state index contributed by atoms with van der Waals surface area (Å²) in [5.41, 5.74) is 1.65. The second kappa shape index (κ2) is 7.31. The second-order valence-corrected chi connectivity index (χ2v) is 11.8. The van der Waals surface area contributed by atoms with Gasteiger partial charge >= 0.3 is 0 Å². The summed E-state index contributed by atoms with van der Waals surface area (Å²) in [6.45, 7) is 4.50. The molecule has 3 saturated carbocycles. The van der Waals surface area contributed by atoms with Gasteiger partial charge in [0.1, 0.15) is 5.78 Å². The van der Waals surface area contributed by atoms with Crippen molar-refractivity contribution >= 4 is 33.2 Å². The van der Waals surface area contributed by atoms with Crippen LogP contribution in [0.2, 0.25) is 0 Å². The molecule has 26 heavy (non-hydrogen) atoms. The van der Waals surface area contributed by atoms with Crippen LogP contribution in [0, 0.1) is 28.6 Å². The predicted molar refractivity (Wildman–Crippen MR) is 111 cm³/mol. The second-order valence-electron chi connectivity index (χ2n) is 9.21. The molecule has 0 aromatic carbocycles. The van der Waals surface area contributed by atoms with Crippen molar-refractivity contribution in [2.75, 3.05) is 11.5 Å². The molecule has 0 spiro atoms. The van der Waals surface area contributed by atoms with E-state index in [0.29, 0.717) is 29.3 Å². The molecule has 0 heterocycles. The Morgan fingerprint density at radius 1 is 1.04 bits per heavy atom. The highest BCUT2D eigenvalue weighted by Crippen LogP contribution is 2.65. The molecule has 2 nitrogen and oxygen atoms in total. The van der Waals surface area contributed by atoms with E-state index < -0.39 is 0 Å². The van der Waals surface area contributed by atoms with Crippen molar-refractivity contribution in [1.82, 2.24) is 0 Å². The van der Waals surface area contributed by atoms with E-state index in [1.807, 2.05) is 27.7 Å². The molecule has 0 aromatic rings. The molecule has 0 aromatic heterocycles. The third-order valence-corrected chi connectivity index (χ3v) is 10.8. The lowest BCUT2D eigenvalue weighted by atomic mass is 9.47. The molecular weight excluding hydrogens is 360 g/mol. The van der Waals surface area contributed by atoms with Crippen molar-refractivity contribution in [3.8, 4) is 0 Å². The van der Waals surface area contributed by atoms with Gasteiger partial charge in [-0.05, 0) is 68.8 Å². The van der Waals surface area contributed by atoms with Gasteiger partial charge in [-0.1, -0.05) is 41.0 Å². The number of carbonyl (C=O) groups is 2. The number of fused-ring (bicyclic) bond motifs is 5. The van der Waals surface area contributed by atoms with Crippen LogP contribution < -0.4 is 0 Å². The molecule has 0 N–H and O–H groups in total. The maximum absolute atomic E-state index is 12.6. The first-order valence-electron chi connectivity index (χ1n) is 10.5. The van der Waals surface area contributed by atoms with Crippen LogP contribution in [0.1, 0.15) is 71.6 Å². The van der Waals surface area contributed by atoms with E-state index in [2.05, 4.69) is 13.8 Å². The third-order valence-electron chi connectivity index (χ3n) is 8.08. The van der Waals surface area contributed by atoms with E-state index in [0.717, 1.165) is 44.3 Å². The van der Waals surface area contributed by atoms with Gasteiger partial charge in [0.05, 0.1) is 0 Å². The fourth-order valence-electron chi connectivity index (χ4n) is 6.69. The van der Waals surface area contributed by atoms with Crippen molar-refractivity contribution in [2.45, 2.75) is 71.6 Å². The molecule has 4 aliphatic rings. The summed E-state index contributed by atoms with van der Waals surface area (Å²) in [6, 6.07) is 0. The lowest BCUT2D eigenvalue weighted by molar-refractivity contribution is -0.132. The zero-order valence-electron chi connectivity index (χ0n) is 16.2. The molecule has 0 unspecified atom stereocenters. The predicted octanol–water partition coefficient (Wildman–Crippen LogP) is 5.86. The van der Waals surface area contributed by atoms with Crippen molar-refractivity contribution in [3.05, 3.63) is 11.6 Å². The van der Waals surface area contributed by atoms with Crippen molar-refractivity contribution in [3.63, 3.8) is 0 Å². The van der Waals surface area contributed by atoms with Crippen molar-refractivity contribution in [2.24, 2.45) is 28.6 Å². The first kappa shape index (κ1) is 19.1. The smallest absolute Gasteiger partial charge is 0.155 e. The van der Waals surface area contributed by atoms with Gasteiger partial charge in [0.25, 0.3) is 0 Å². The number of hydrogen-bond donors (Lipinski definition) is 0. The number of allylic oxidation sites excluding steroid dienone is 1. The quantitative estimate of drug-likeness (QED) is 0.433. The highest BCUT2D eigenvalue weighted by Gasteiger charge is 2.60. The minimum atomic E-state index is -0.0435. The molecular formula is C22H32O2S2. The van der Waals surface area contributed by atoms with E-state index >= 15 is 0 Å². The van der Waals surface area contributed by atoms with Crippen molar-refractivity contribution < 1.29 is 9.59 Å². The van der Waals surface area contributed by atoms with Crippen LogP contribution in [-0.2, 0) is 9.59 Å². The standard InChI is InChI=1S/C22H32O2S2/c1-3-12-25-26-14-22-11-8-16(23)13-15(22)4-5-17-18-6-7-20(24)21(18,2)10-9-19(17)22/h13,17-19H,3-12,14H2,1-2H3/t17-,18-,19-,21-,22+/m0/s1. The Morgan fingerprint density at radius 3 is 2.69 bits per heavy atom.